The number of benzene rings is 1. The molecule has 0 saturated heterocycles. The fourth-order valence-corrected chi connectivity index (χ4v) is 1.44. The van der Waals surface area contributed by atoms with Gasteiger partial charge < -0.3 is 9.84 Å². The van der Waals surface area contributed by atoms with E-state index < -0.39 is 6.10 Å². The van der Waals surface area contributed by atoms with Crippen LogP contribution in [0, 0.1) is 13.8 Å². The molecule has 2 heteroatoms. The fourth-order valence-electron chi connectivity index (χ4n) is 1.44. The standard InChI is InChI=1S/C14H22O2/c1-5-12(4)16-9-14(15)13-7-6-10(2)11(3)8-13/h6-8,12,14-15H,5,9H2,1-4H3. The molecule has 16 heavy (non-hydrogen) atoms. The largest absolute Gasteiger partial charge is 0.386 e. The fraction of sp³-hybridized carbons (Fsp3) is 0.571. The molecular formula is C14H22O2. The minimum absolute atomic E-state index is 0.209. The van der Waals surface area contributed by atoms with Crippen LogP contribution < -0.4 is 0 Å². The van der Waals surface area contributed by atoms with Crippen LogP contribution in [-0.2, 0) is 4.74 Å². The normalized spacial score (nSPS) is 14.8. The molecule has 0 aliphatic rings. The van der Waals surface area contributed by atoms with Gasteiger partial charge in [-0.2, -0.15) is 0 Å². The Kier molecular flexibility index (Phi) is 4.97. The van der Waals surface area contributed by atoms with Gasteiger partial charge in [0.2, 0.25) is 0 Å². The molecule has 0 bridgehead atoms. The summed E-state index contributed by atoms with van der Waals surface area (Å²) in [7, 11) is 0. The second kappa shape index (κ2) is 6.02. The molecule has 0 amide bonds. The van der Waals surface area contributed by atoms with Gasteiger partial charge in [-0.15, -0.1) is 0 Å². The summed E-state index contributed by atoms with van der Waals surface area (Å²) in [6.45, 7) is 8.60. The van der Waals surface area contributed by atoms with Gasteiger partial charge in [0.05, 0.1) is 12.7 Å². The van der Waals surface area contributed by atoms with Crippen LogP contribution in [0.2, 0.25) is 0 Å². The smallest absolute Gasteiger partial charge is 0.102 e. The lowest BCUT2D eigenvalue weighted by Gasteiger charge is -2.16. The van der Waals surface area contributed by atoms with Crippen molar-refractivity contribution < 1.29 is 9.84 Å². The Morgan fingerprint density at radius 1 is 1.25 bits per heavy atom. The number of aliphatic hydroxyl groups is 1. The molecule has 1 rings (SSSR count). The molecule has 0 spiro atoms. The quantitative estimate of drug-likeness (QED) is 0.829. The molecule has 1 aromatic rings. The molecule has 0 heterocycles. The number of hydrogen-bond donors (Lipinski definition) is 1. The van der Waals surface area contributed by atoms with E-state index in [4.69, 9.17) is 4.74 Å². The molecule has 90 valence electrons. The Morgan fingerprint density at radius 3 is 2.50 bits per heavy atom. The summed E-state index contributed by atoms with van der Waals surface area (Å²) in [6, 6.07) is 6.03. The van der Waals surface area contributed by atoms with Crippen LogP contribution in [0.4, 0.5) is 0 Å². The van der Waals surface area contributed by atoms with E-state index in [1.54, 1.807) is 0 Å². The first-order valence-corrected chi connectivity index (χ1v) is 5.91. The zero-order chi connectivity index (χ0) is 12.1. The maximum atomic E-state index is 9.96. The highest BCUT2D eigenvalue weighted by atomic mass is 16.5. The van der Waals surface area contributed by atoms with Crippen LogP contribution in [-0.4, -0.2) is 17.8 Å². The summed E-state index contributed by atoms with van der Waals surface area (Å²) in [6.07, 6.45) is 0.661. The molecule has 2 unspecified atom stereocenters. The lowest BCUT2D eigenvalue weighted by atomic mass is 10.0. The second-order valence-electron chi connectivity index (χ2n) is 4.41. The van der Waals surface area contributed by atoms with E-state index in [2.05, 4.69) is 20.8 Å². The Labute approximate surface area is 98.3 Å². The molecule has 1 N–H and O–H groups in total. The Balaban J connectivity index is 2.59. The van der Waals surface area contributed by atoms with Crippen molar-refractivity contribution in [2.24, 2.45) is 0 Å². The van der Waals surface area contributed by atoms with E-state index in [0.29, 0.717) is 6.61 Å². The molecule has 2 nitrogen and oxygen atoms in total. The first-order valence-electron chi connectivity index (χ1n) is 5.91. The number of hydrogen-bond acceptors (Lipinski definition) is 2. The molecule has 0 aromatic heterocycles. The first kappa shape index (κ1) is 13.2. The predicted octanol–water partition coefficient (Wildman–Crippen LogP) is 3.15. The Hall–Kier alpha value is -0.860. The van der Waals surface area contributed by atoms with Crippen molar-refractivity contribution in [3.63, 3.8) is 0 Å². The van der Waals surface area contributed by atoms with Crippen molar-refractivity contribution >= 4 is 0 Å². The summed E-state index contributed by atoms with van der Waals surface area (Å²) in [5, 5.41) is 9.96. The second-order valence-corrected chi connectivity index (χ2v) is 4.41. The summed E-state index contributed by atoms with van der Waals surface area (Å²) < 4.78 is 5.53. The zero-order valence-electron chi connectivity index (χ0n) is 10.7. The molecular weight excluding hydrogens is 200 g/mol. The number of aryl methyl sites for hydroxylation is 2. The highest BCUT2D eigenvalue weighted by Gasteiger charge is 2.10. The van der Waals surface area contributed by atoms with Gasteiger partial charge in [0, 0.05) is 0 Å². The average molecular weight is 222 g/mol. The van der Waals surface area contributed by atoms with Crippen LogP contribution in [0.1, 0.15) is 43.1 Å². The average Bonchev–Trinajstić information content (AvgIpc) is 2.29. The van der Waals surface area contributed by atoms with Crippen LogP contribution in [0.15, 0.2) is 18.2 Å². The van der Waals surface area contributed by atoms with E-state index in [1.807, 2.05) is 25.1 Å². The lowest BCUT2D eigenvalue weighted by Crippen LogP contribution is -2.13. The summed E-state index contributed by atoms with van der Waals surface area (Å²) in [5.74, 6) is 0. The van der Waals surface area contributed by atoms with Crippen molar-refractivity contribution in [2.45, 2.75) is 46.3 Å². The Morgan fingerprint density at radius 2 is 1.94 bits per heavy atom. The first-order chi connectivity index (χ1) is 7.54. The molecule has 0 aliphatic carbocycles. The van der Waals surface area contributed by atoms with Gasteiger partial charge in [-0.3, -0.25) is 0 Å². The van der Waals surface area contributed by atoms with E-state index in [9.17, 15) is 5.11 Å². The monoisotopic (exact) mass is 222 g/mol. The summed E-state index contributed by atoms with van der Waals surface area (Å²) in [5.41, 5.74) is 3.39. The van der Waals surface area contributed by atoms with E-state index in [-0.39, 0.29) is 6.10 Å². The molecule has 0 fully saturated rings. The topological polar surface area (TPSA) is 29.5 Å². The number of rotatable bonds is 5. The molecule has 2 atom stereocenters. The molecule has 0 radical (unpaired) electrons. The predicted molar refractivity (Wildman–Crippen MR) is 66.6 cm³/mol. The number of aliphatic hydroxyl groups excluding tert-OH is 1. The van der Waals surface area contributed by atoms with Gasteiger partial charge >= 0.3 is 0 Å². The van der Waals surface area contributed by atoms with Gasteiger partial charge in [0.15, 0.2) is 0 Å². The van der Waals surface area contributed by atoms with Gasteiger partial charge in [-0.1, -0.05) is 25.1 Å². The third-order valence-corrected chi connectivity index (χ3v) is 3.03. The van der Waals surface area contributed by atoms with Crippen LogP contribution in [0.25, 0.3) is 0 Å². The third kappa shape index (κ3) is 3.62. The van der Waals surface area contributed by atoms with Crippen LogP contribution in [0.5, 0.6) is 0 Å². The van der Waals surface area contributed by atoms with Crippen molar-refractivity contribution in [3.8, 4) is 0 Å². The molecule has 0 aliphatic heterocycles. The van der Waals surface area contributed by atoms with Gasteiger partial charge in [0.1, 0.15) is 6.10 Å². The van der Waals surface area contributed by atoms with Gasteiger partial charge in [0.25, 0.3) is 0 Å². The van der Waals surface area contributed by atoms with Crippen molar-refractivity contribution in [1.82, 2.24) is 0 Å². The van der Waals surface area contributed by atoms with Crippen molar-refractivity contribution in [3.05, 3.63) is 34.9 Å². The van der Waals surface area contributed by atoms with Crippen molar-refractivity contribution in [1.29, 1.82) is 0 Å². The maximum Gasteiger partial charge on any atom is 0.102 e. The lowest BCUT2D eigenvalue weighted by molar-refractivity contribution is -0.00376. The summed E-state index contributed by atoms with van der Waals surface area (Å²) >= 11 is 0. The van der Waals surface area contributed by atoms with Crippen LogP contribution >= 0.6 is 0 Å². The van der Waals surface area contributed by atoms with E-state index in [1.165, 1.54) is 11.1 Å². The minimum Gasteiger partial charge on any atom is -0.386 e. The maximum absolute atomic E-state index is 9.96. The van der Waals surface area contributed by atoms with Gasteiger partial charge in [-0.05, 0) is 43.9 Å². The number of ether oxygens (including phenoxy) is 1. The minimum atomic E-state index is -0.520. The van der Waals surface area contributed by atoms with E-state index in [0.717, 1.165) is 12.0 Å². The van der Waals surface area contributed by atoms with Crippen molar-refractivity contribution in [2.75, 3.05) is 6.61 Å². The summed E-state index contributed by atoms with van der Waals surface area (Å²) in [4.78, 5) is 0. The zero-order valence-corrected chi connectivity index (χ0v) is 10.7. The van der Waals surface area contributed by atoms with E-state index >= 15 is 0 Å². The van der Waals surface area contributed by atoms with Crippen LogP contribution in [0.3, 0.4) is 0 Å². The SMILES string of the molecule is CCC(C)OCC(O)c1ccc(C)c(C)c1. The molecule has 0 saturated carbocycles. The third-order valence-electron chi connectivity index (χ3n) is 3.03. The Bertz CT molecular complexity index is 334. The molecule has 1 aromatic carbocycles. The highest BCUT2D eigenvalue weighted by molar-refractivity contribution is 5.31. The highest BCUT2D eigenvalue weighted by Crippen LogP contribution is 2.18. The van der Waals surface area contributed by atoms with Gasteiger partial charge in [-0.25, -0.2) is 0 Å².